The van der Waals surface area contributed by atoms with Crippen molar-refractivity contribution in [1.29, 1.82) is 0 Å². The fraction of sp³-hybridized carbons (Fsp3) is 0.179. The summed E-state index contributed by atoms with van der Waals surface area (Å²) < 4.78 is 0. The van der Waals surface area contributed by atoms with Crippen LogP contribution in [0.3, 0.4) is 0 Å². The molecular weight excluding hydrogens is 780 g/mol. The van der Waals surface area contributed by atoms with Gasteiger partial charge >= 0.3 is 5.97 Å². The summed E-state index contributed by atoms with van der Waals surface area (Å²) in [5, 5.41) is 36.8. The second-order valence-electron chi connectivity index (χ2n) is 12.3. The molecule has 0 saturated carbocycles. The van der Waals surface area contributed by atoms with E-state index in [0.29, 0.717) is 29.5 Å². The maximum absolute atomic E-state index is 11.4. The molecule has 0 aliphatic heterocycles. The van der Waals surface area contributed by atoms with Crippen molar-refractivity contribution in [2.24, 2.45) is 0 Å². The van der Waals surface area contributed by atoms with Crippen molar-refractivity contribution in [3.05, 3.63) is 158 Å². The van der Waals surface area contributed by atoms with Crippen molar-refractivity contribution in [3.63, 3.8) is 0 Å². The first kappa shape index (κ1) is 40.3. The molecule has 0 radical (unpaired) electrons. The number of hydrogen-bond donors (Lipinski definition) is 1. The fourth-order valence-corrected chi connectivity index (χ4v) is 7.18. The minimum atomic E-state index is -0.959. The number of benzene rings is 4. The summed E-state index contributed by atoms with van der Waals surface area (Å²) in [6.07, 6.45) is 1.24. The Bertz CT molecular complexity index is 2150. The van der Waals surface area contributed by atoms with E-state index < -0.39 is 5.97 Å². The molecule has 1 N–H and O–H groups in total. The van der Waals surface area contributed by atoms with Crippen LogP contribution in [-0.4, -0.2) is 36.7 Å². The smallest absolute Gasteiger partial charge is 0.335 e. The predicted molar refractivity (Wildman–Crippen MR) is 213 cm³/mol. The van der Waals surface area contributed by atoms with Crippen LogP contribution in [0.2, 0.25) is 0 Å². The molecule has 2 aromatic heterocycles. The fourth-order valence-electron chi connectivity index (χ4n) is 5.53. The van der Waals surface area contributed by atoms with Gasteiger partial charge in [0.25, 0.3) is 11.4 Å². The second kappa shape index (κ2) is 17.4. The van der Waals surface area contributed by atoms with Gasteiger partial charge in [0.2, 0.25) is 0 Å². The molecule has 0 spiro atoms. The largest absolute Gasteiger partial charge is 0.478 e. The van der Waals surface area contributed by atoms with Crippen LogP contribution >= 0.6 is 39.7 Å². The number of nitro benzene ring substituents is 2. The number of carboxylic acid groups (broad SMARTS) is 1. The third kappa shape index (κ3) is 9.92. The van der Waals surface area contributed by atoms with Gasteiger partial charge in [0.15, 0.2) is 5.78 Å². The third-order valence-corrected chi connectivity index (χ3v) is 10.2. The lowest BCUT2D eigenvalue weighted by Crippen LogP contribution is -1.98. The van der Waals surface area contributed by atoms with Crippen LogP contribution in [0.4, 0.5) is 11.4 Å². The number of hydrogen-bond acceptors (Lipinski definition) is 10. The van der Waals surface area contributed by atoms with Gasteiger partial charge in [-0.15, -0.1) is 39.7 Å². The number of carbonyl (C=O) groups is 2. The Labute approximate surface area is 324 Å². The highest BCUT2D eigenvalue weighted by Gasteiger charge is 2.16. The number of aromatic nitrogens is 2. The molecule has 6 rings (SSSR count). The van der Waals surface area contributed by atoms with Crippen LogP contribution in [0.5, 0.6) is 0 Å². The lowest BCUT2D eigenvalue weighted by atomic mass is 10.0. The van der Waals surface area contributed by atoms with E-state index in [2.05, 4.69) is 9.97 Å². The van der Waals surface area contributed by atoms with E-state index in [1.54, 1.807) is 80.6 Å². The molecule has 0 aliphatic carbocycles. The average molecular weight is 816 g/mol. The maximum Gasteiger partial charge on any atom is 0.335 e. The molecular formula is C39H35BrN4O7S2. The van der Waals surface area contributed by atoms with Gasteiger partial charge in [-0.2, -0.15) is 0 Å². The van der Waals surface area contributed by atoms with Crippen molar-refractivity contribution < 1.29 is 24.5 Å². The zero-order valence-corrected chi connectivity index (χ0v) is 32.8. The zero-order valence-electron chi connectivity index (χ0n) is 29.4. The van der Waals surface area contributed by atoms with Crippen LogP contribution in [0.1, 0.15) is 71.0 Å². The van der Waals surface area contributed by atoms with Crippen LogP contribution < -0.4 is 0 Å². The number of thiazole rings is 2. The Kier molecular flexibility index (Phi) is 13.2. The number of carbonyl (C=O) groups excluding carboxylic acids is 1. The minimum absolute atomic E-state index is 0. The molecule has 4 aromatic carbocycles. The van der Waals surface area contributed by atoms with Gasteiger partial charge in [-0.05, 0) is 81.1 Å². The highest BCUT2D eigenvalue weighted by molar-refractivity contribution is 8.93. The zero-order chi connectivity index (χ0) is 37.7. The van der Waals surface area contributed by atoms with Crippen LogP contribution in [0.15, 0.2) is 83.6 Å². The highest BCUT2D eigenvalue weighted by Crippen LogP contribution is 2.29. The van der Waals surface area contributed by atoms with Crippen molar-refractivity contribution >= 4 is 62.8 Å². The molecule has 11 nitrogen and oxygen atoms in total. The number of aromatic carboxylic acids is 1. The average Bonchev–Trinajstić information content (AvgIpc) is 3.78. The van der Waals surface area contributed by atoms with Gasteiger partial charge in [-0.25, -0.2) is 14.8 Å². The van der Waals surface area contributed by atoms with E-state index in [9.17, 15) is 29.8 Å². The Hall–Kier alpha value is -5.44. The summed E-state index contributed by atoms with van der Waals surface area (Å²) in [5.74, 6) is -0.918. The number of ketones is 1. The topological polar surface area (TPSA) is 166 Å². The number of halogens is 1. The summed E-state index contributed by atoms with van der Waals surface area (Å²) >= 11 is 3.08. The molecule has 53 heavy (non-hydrogen) atoms. The van der Waals surface area contributed by atoms with Crippen LogP contribution in [0.25, 0.3) is 22.5 Å². The Morgan fingerprint density at radius 1 is 0.642 bits per heavy atom. The molecule has 0 bridgehead atoms. The van der Waals surface area contributed by atoms with Gasteiger partial charge in [-0.1, -0.05) is 36.4 Å². The molecule has 0 amide bonds. The monoisotopic (exact) mass is 814 g/mol. The van der Waals surface area contributed by atoms with E-state index in [1.807, 2.05) is 48.9 Å². The molecule has 2 heterocycles. The molecule has 0 saturated heterocycles. The number of aryl methyl sites for hydroxylation is 4. The van der Waals surface area contributed by atoms with Crippen LogP contribution in [0, 0.1) is 47.9 Å². The summed E-state index contributed by atoms with van der Waals surface area (Å²) in [7, 11) is 0. The Morgan fingerprint density at radius 2 is 1.02 bits per heavy atom. The van der Waals surface area contributed by atoms with Gasteiger partial charge in [-0.3, -0.25) is 25.0 Å². The predicted octanol–water partition coefficient (Wildman–Crippen LogP) is 10.3. The molecule has 0 atom stereocenters. The van der Waals surface area contributed by atoms with Crippen LogP contribution in [-0.2, 0) is 12.8 Å². The van der Waals surface area contributed by atoms with Gasteiger partial charge in [0.05, 0.1) is 36.8 Å². The van der Waals surface area contributed by atoms with Crippen molar-refractivity contribution in [3.8, 4) is 22.5 Å². The molecule has 6 aromatic rings. The number of nitro groups is 2. The second-order valence-corrected chi connectivity index (χ2v) is 14.2. The number of rotatable bonds is 10. The first-order chi connectivity index (χ1) is 24.7. The van der Waals surface area contributed by atoms with Crippen molar-refractivity contribution in [2.75, 3.05) is 0 Å². The van der Waals surface area contributed by atoms with Crippen molar-refractivity contribution in [2.45, 2.75) is 47.5 Å². The van der Waals surface area contributed by atoms with E-state index in [1.165, 1.54) is 11.3 Å². The SMILES string of the molecule is Br.CC(=O)c1ccc(-c2csc(Cc3cc(C)c([N+](=O)[O-])cc3C)n2)cc1.Cc1cc([N+](=O)[O-])c(C)cc1Cc1nc(-c2ccc(C(=O)O)cc2)cs1. The summed E-state index contributed by atoms with van der Waals surface area (Å²) in [4.78, 5) is 52.9. The lowest BCUT2D eigenvalue weighted by molar-refractivity contribution is -0.385. The normalized spacial score (nSPS) is 10.5. The standard InChI is InChI=1S/C20H18N2O3S.C19H16N2O4S.BrH/c1-12-9-19(22(24)25)13(2)8-17(12)10-20-21-18(11-26-20)16-6-4-15(5-7-16)14(3)23;1-11-8-17(21(24)25)12(2)7-15(11)9-18-20-16(10-26-18)13-3-5-14(6-4-13)19(22)23;/h4-9,11H,10H2,1-3H3;3-8,10H,9H2,1-2H3,(H,22,23);1H. The first-order valence-electron chi connectivity index (χ1n) is 16.0. The number of nitrogens with zero attached hydrogens (tertiary/aromatic N) is 4. The molecule has 0 unspecified atom stereocenters. The first-order valence-corrected chi connectivity index (χ1v) is 17.8. The number of Topliss-reactive ketones (excluding diaryl/α,β-unsaturated/α-hetero) is 1. The highest BCUT2D eigenvalue weighted by atomic mass is 79.9. The molecule has 14 heteroatoms. The Morgan fingerprint density at radius 3 is 1.36 bits per heavy atom. The molecule has 0 fully saturated rings. The summed E-state index contributed by atoms with van der Waals surface area (Å²) in [6, 6.07) is 20.9. The number of carboxylic acids is 1. The van der Waals surface area contributed by atoms with E-state index in [0.717, 1.165) is 54.8 Å². The quantitative estimate of drug-likeness (QED) is 0.0804. The molecule has 0 aliphatic rings. The van der Waals surface area contributed by atoms with Gasteiger partial charge in [0, 0.05) is 63.6 Å². The maximum atomic E-state index is 11.4. The summed E-state index contributed by atoms with van der Waals surface area (Å²) in [5.41, 5.74) is 9.79. The van der Waals surface area contributed by atoms with Gasteiger partial charge in [0.1, 0.15) is 0 Å². The summed E-state index contributed by atoms with van der Waals surface area (Å²) in [6.45, 7) is 8.78. The third-order valence-electron chi connectivity index (χ3n) is 8.50. The van der Waals surface area contributed by atoms with Crippen molar-refractivity contribution in [1.82, 2.24) is 9.97 Å². The molecule has 272 valence electrons. The van der Waals surface area contributed by atoms with E-state index in [-0.39, 0.29) is 49.5 Å². The van der Waals surface area contributed by atoms with E-state index >= 15 is 0 Å². The lowest BCUT2D eigenvalue weighted by Gasteiger charge is -2.06. The Balaban J connectivity index is 0.000000232. The van der Waals surface area contributed by atoms with Gasteiger partial charge < -0.3 is 5.11 Å². The van der Waals surface area contributed by atoms with E-state index in [4.69, 9.17) is 5.11 Å². The minimum Gasteiger partial charge on any atom is -0.478 e.